The highest BCUT2D eigenvalue weighted by atomic mass is 16.5. The van der Waals surface area contributed by atoms with Gasteiger partial charge in [0.15, 0.2) is 0 Å². The lowest BCUT2D eigenvalue weighted by Gasteiger charge is -2.42. The van der Waals surface area contributed by atoms with Gasteiger partial charge in [-0.05, 0) is 37.3 Å². The first-order chi connectivity index (χ1) is 11.1. The van der Waals surface area contributed by atoms with Crippen LogP contribution in [0.5, 0.6) is 0 Å². The number of aryl methyl sites for hydroxylation is 1. The van der Waals surface area contributed by atoms with Crippen molar-refractivity contribution >= 4 is 11.6 Å². The molecule has 5 heteroatoms. The summed E-state index contributed by atoms with van der Waals surface area (Å²) in [5, 5.41) is 13.3. The van der Waals surface area contributed by atoms with Crippen molar-refractivity contribution in [3.05, 3.63) is 29.8 Å². The number of nitrogens with one attached hydrogen (secondary N) is 1. The first-order valence-electron chi connectivity index (χ1n) is 8.55. The van der Waals surface area contributed by atoms with Crippen molar-refractivity contribution in [2.45, 2.75) is 44.3 Å². The Balaban J connectivity index is 1.59. The summed E-state index contributed by atoms with van der Waals surface area (Å²) < 4.78 is 5.84. The number of aliphatic hydroxyl groups excluding tert-OH is 1. The van der Waals surface area contributed by atoms with Crippen LogP contribution in [0.4, 0.5) is 5.69 Å². The first kappa shape index (κ1) is 16.4. The van der Waals surface area contributed by atoms with Crippen LogP contribution in [-0.4, -0.2) is 53.9 Å². The van der Waals surface area contributed by atoms with Gasteiger partial charge < -0.3 is 15.2 Å². The first-order valence-corrected chi connectivity index (χ1v) is 8.55. The second-order valence-electron chi connectivity index (χ2n) is 6.59. The molecule has 2 saturated heterocycles. The minimum atomic E-state index is -0.458. The maximum absolute atomic E-state index is 12.4. The molecular weight excluding hydrogens is 292 g/mol. The predicted molar refractivity (Wildman–Crippen MR) is 89.4 cm³/mol. The zero-order valence-corrected chi connectivity index (χ0v) is 13.8. The van der Waals surface area contributed by atoms with Crippen LogP contribution < -0.4 is 5.32 Å². The summed E-state index contributed by atoms with van der Waals surface area (Å²) >= 11 is 0. The van der Waals surface area contributed by atoms with E-state index in [9.17, 15) is 9.90 Å². The second kappa shape index (κ2) is 6.99. The minimum absolute atomic E-state index is 0.00423. The molecule has 0 aromatic heterocycles. The molecule has 2 N–H and O–H groups in total. The SMILES string of the molecule is CCc1ccccc1NC(=O)CN1CC[C@H](O)[C@]2(CCCO2)C1. The number of likely N-dealkylation sites (tertiary alicyclic amines) is 1. The molecule has 0 bridgehead atoms. The summed E-state index contributed by atoms with van der Waals surface area (Å²) in [7, 11) is 0. The Bertz CT molecular complexity index is 555. The Morgan fingerprint density at radius 2 is 2.30 bits per heavy atom. The molecule has 0 radical (unpaired) electrons. The van der Waals surface area contributed by atoms with E-state index in [1.807, 2.05) is 24.3 Å². The number of anilines is 1. The fourth-order valence-corrected chi connectivity index (χ4v) is 3.72. The molecule has 1 spiro atoms. The molecule has 2 heterocycles. The fraction of sp³-hybridized carbons (Fsp3) is 0.611. The van der Waals surface area contributed by atoms with Gasteiger partial charge in [0.25, 0.3) is 0 Å². The number of piperidine rings is 1. The Hall–Kier alpha value is -1.43. The van der Waals surface area contributed by atoms with Crippen LogP contribution in [0.1, 0.15) is 31.7 Å². The van der Waals surface area contributed by atoms with Crippen LogP contribution in [0.15, 0.2) is 24.3 Å². The zero-order chi connectivity index (χ0) is 16.3. The fourth-order valence-electron chi connectivity index (χ4n) is 3.72. The summed E-state index contributed by atoms with van der Waals surface area (Å²) in [6, 6.07) is 7.90. The molecule has 3 rings (SSSR count). The lowest BCUT2D eigenvalue weighted by molar-refractivity contribution is -0.137. The maximum atomic E-state index is 12.4. The van der Waals surface area contributed by atoms with Gasteiger partial charge in [-0.15, -0.1) is 0 Å². The molecule has 1 aromatic rings. The topological polar surface area (TPSA) is 61.8 Å². The molecule has 2 fully saturated rings. The molecule has 1 aromatic carbocycles. The van der Waals surface area contributed by atoms with Gasteiger partial charge in [0.1, 0.15) is 5.60 Å². The molecule has 2 aliphatic rings. The van der Waals surface area contributed by atoms with E-state index in [1.54, 1.807) is 0 Å². The number of benzene rings is 1. The minimum Gasteiger partial charge on any atom is -0.390 e. The zero-order valence-electron chi connectivity index (χ0n) is 13.8. The van der Waals surface area contributed by atoms with Crippen molar-refractivity contribution in [3.63, 3.8) is 0 Å². The van der Waals surface area contributed by atoms with Gasteiger partial charge >= 0.3 is 0 Å². The number of hydrogen-bond donors (Lipinski definition) is 2. The van der Waals surface area contributed by atoms with Crippen LogP contribution in [0.2, 0.25) is 0 Å². The molecule has 0 unspecified atom stereocenters. The molecule has 0 saturated carbocycles. The highest BCUT2D eigenvalue weighted by molar-refractivity contribution is 5.93. The normalized spacial score (nSPS) is 28.2. The lowest BCUT2D eigenvalue weighted by atomic mass is 9.87. The van der Waals surface area contributed by atoms with Crippen molar-refractivity contribution in [2.24, 2.45) is 0 Å². The predicted octanol–water partition coefficient (Wildman–Crippen LogP) is 1.80. The van der Waals surface area contributed by atoms with Crippen LogP contribution in [0, 0.1) is 0 Å². The number of ether oxygens (including phenoxy) is 1. The third kappa shape index (κ3) is 3.57. The molecular formula is C18H26N2O3. The van der Waals surface area contributed by atoms with Crippen molar-refractivity contribution in [1.29, 1.82) is 0 Å². The third-order valence-corrected chi connectivity index (χ3v) is 4.99. The van der Waals surface area contributed by atoms with E-state index in [0.717, 1.165) is 37.1 Å². The van der Waals surface area contributed by atoms with Gasteiger partial charge in [-0.25, -0.2) is 0 Å². The quantitative estimate of drug-likeness (QED) is 0.889. The number of aliphatic hydroxyl groups is 1. The van der Waals surface area contributed by atoms with Gasteiger partial charge in [0, 0.05) is 25.4 Å². The number of para-hydroxylation sites is 1. The number of nitrogens with zero attached hydrogens (tertiary/aromatic N) is 1. The summed E-state index contributed by atoms with van der Waals surface area (Å²) in [6.45, 7) is 4.50. The number of amides is 1. The lowest BCUT2D eigenvalue weighted by Crippen LogP contribution is -2.57. The highest BCUT2D eigenvalue weighted by Gasteiger charge is 2.46. The van der Waals surface area contributed by atoms with Crippen LogP contribution in [-0.2, 0) is 16.0 Å². The third-order valence-electron chi connectivity index (χ3n) is 4.99. The number of carbonyl (C=O) groups is 1. The van der Waals surface area contributed by atoms with Crippen molar-refractivity contribution in [3.8, 4) is 0 Å². The average molecular weight is 318 g/mol. The second-order valence-corrected chi connectivity index (χ2v) is 6.59. The van der Waals surface area contributed by atoms with E-state index in [-0.39, 0.29) is 5.91 Å². The van der Waals surface area contributed by atoms with Crippen molar-refractivity contribution in [2.75, 3.05) is 31.6 Å². The van der Waals surface area contributed by atoms with Crippen LogP contribution in [0.3, 0.4) is 0 Å². The molecule has 2 aliphatic heterocycles. The van der Waals surface area contributed by atoms with Gasteiger partial charge in [-0.3, -0.25) is 9.69 Å². The number of rotatable bonds is 4. The Morgan fingerprint density at radius 1 is 1.48 bits per heavy atom. The van der Waals surface area contributed by atoms with Crippen LogP contribution in [0.25, 0.3) is 0 Å². The number of hydrogen-bond acceptors (Lipinski definition) is 4. The average Bonchev–Trinajstić information content (AvgIpc) is 3.01. The van der Waals surface area contributed by atoms with Crippen LogP contribution >= 0.6 is 0 Å². The van der Waals surface area contributed by atoms with E-state index in [4.69, 9.17) is 4.74 Å². The molecule has 0 aliphatic carbocycles. The molecule has 23 heavy (non-hydrogen) atoms. The Morgan fingerprint density at radius 3 is 3.04 bits per heavy atom. The van der Waals surface area contributed by atoms with Crippen molar-refractivity contribution in [1.82, 2.24) is 4.90 Å². The molecule has 5 nitrogen and oxygen atoms in total. The van der Waals surface area contributed by atoms with Gasteiger partial charge in [-0.2, -0.15) is 0 Å². The van der Waals surface area contributed by atoms with E-state index < -0.39 is 11.7 Å². The van der Waals surface area contributed by atoms with E-state index >= 15 is 0 Å². The number of carbonyl (C=O) groups excluding carboxylic acids is 1. The summed E-state index contributed by atoms with van der Waals surface area (Å²) in [4.78, 5) is 14.5. The molecule has 1 amide bonds. The Labute approximate surface area is 137 Å². The monoisotopic (exact) mass is 318 g/mol. The molecule has 126 valence electrons. The highest BCUT2D eigenvalue weighted by Crippen LogP contribution is 2.34. The summed E-state index contributed by atoms with van der Waals surface area (Å²) in [6.07, 6.45) is 3.01. The van der Waals surface area contributed by atoms with E-state index in [0.29, 0.717) is 26.1 Å². The summed E-state index contributed by atoms with van der Waals surface area (Å²) in [5.41, 5.74) is 1.58. The van der Waals surface area contributed by atoms with Gasteiger partial charge in [-0.1, -0.05) is 25.1 Å². The van der Waals surface area contributed by atoms with Gasteiger partial charge in [0.2, 0.25) is 5.91 Å². The maximum Gasteiger partial charge on any atom is 0.238 e. The summed E-state index contributed by atoms with van der Waals surface area (Å²) in [5.74, 6) is -0.00423. The smallest absolute Gasteiger partial charge is 0.238 e. The van der Waals surface area contributed by atoms with Gasteiger partial charge in [0.05, 0.1) is 12.6 Å². The standard InChI is InChI=1S/C18H26N2O3/c1-2-14-6-3-4-7-15(14)19-17(22)12-20-10-8-16(21)18(13-20)9-5-11-23-18/h3-4,6-7,16,21H,2,5,8-13H2,1H3,(H,19,22)/t16-,18-/m0/s1. The van der Waals surface area contributed by atoms with E-state index in [2.05, 4.69) is 17.1 Å². The largest absolute Gasteiger partial charge is 0.390 e. The van der Waals surface area contributed by atoms with E-state index in [1.165, 1.54) is 0 Å². The Kier molecular flexibility index (Phi) is 4.99. The van der Waals surface area contributed by atoms with Crippen molar-refractivity contribution < 1.29 is 14.6 Å². The molecule has 2 atom stereocenters.